The van der Waals surface area contributed by atoms with Gasteiger partial charge in [-0.1, -0.05) is 6.07 Å². The SMILES string of the molecule is C[n+]1cccc(CCNc2nn3ccccc3c2[N+](=O)[O-])c1. The standard InChI is InChI=1S/C15H16N5O2/c1-18-9-4-5-12(11-18)7-8-16-15-14(20(21)22)13-6-2-3-10-19(13)17-15/h2-6,9-11H,7-8H2,1H3,(H,16,17)/q+1. The van der Waals surface area contributed by atoms with Crippen molar-refractivity contribution in [1.82, 2.24) is 9.61 Å². The Kier molecular flexibility index (Phi) is 3.69. The molecule has 0 aliphatic rings. The predicted molar refractivity (Wildman–Crippen MR) is 81.7 cm³/mol. The van der Waals surface area contributed by atoms with Crippen LogP contribution in [-0.4, -0.2) is 21.1 Å². The van der Waals surface area contributed by atoms with Crippen LogP contribution in [0, 0.1) is 10.1 Å². The summed E-state index contributed by atoms with van der Waals surface area (Å²) in [5.74, 6) is 0.302. The Labute approximate surface area is 127 Å². The molecule has 0 unspecified atom stereocenters. The van der Waals surface area contributed by atoms with E-state index in [9.17, 15) is 10.1 Å². The van der Waals surface area contributed by atoms with Crippen molar-refractivity contribution in [2.75, 3.05) is 11.9 Å². The van der Waals surface area contributed by atoms with Crippen LogP contribution in [0.4, 0.5) is 11.5 Å². The van der Waals surface area contributed by atoms with E-state index in [0.717, 1.165) is 12.0 Å². The maximum absolute atomic E-state index is 11.3. The van der Waals surface area contributed by atoms with E-state index in [1.165, 1.54) is 4.52 Å². The maximum atomic E-state index is 11.3. The second kappa shape index (κ2) is 5.80. The van der Waals surface area contributed by atoms with Crippen molar-refractivity contribution in [3.8, 4) is 0 Å². The summed E-state index contributed by atoms with van der Waals surface area (Å²) >= 11 is 0. The lowest BCUT2D eigenvalue weighted by Crippen LogP contribution is -2.27. The van der Waals surface area contributed by atoms with Crippen molar-refractivity contribution < 1.29 is 9.49 Å². The molecule has 0 fully saturated rings. The molecule has 7 nitrogen and oxygen atoms in total. The number of pyridine rings is 2. The van der Waals surface area contributed by atoms with Crippen molar-refractivity contribution in [3.63, 3.8) is 0 Å². The van der Waals surface area contributed by atoms with Gasteiger partial charge in [-0.15, -0.1) is 5.10 Å². The van der Waals surface area contributed by atoms with Crippen molar-refractivity contribution in [2.24, 2.45) is 7.05 Å². The van der Waals surface area contributed by atoms with Crippen LogP contribution >= 0.6 is 0 Å². The summed E-state index contributed by atoms with van der Waals surface area (Å²) in [6.45, 7) is 0.578. The Morgan fingerprint density at radius 2 is 2.23 bits per heavy atom. The van der Waals surface area contributed by atoms with Crippen LogP contribution in [0.1, 0.15) is 5.56 Å². The summed E-state index contributed by atoms with van der Waals surface area (Å²) in [6, 6.07) is 9.24. The van der Waals surface area contributed by atoms with Crippen molar-refractivity contribution in [2.45, 2.75) is 6.42 Å². The average Bonchev–Trinajstić information content (AvgIpc) is 2.85. The van der Waals surface area contributed by atoms with Gasteiger partial charge in [0.1, 0.15) is 12.6 Å². The molecule has 0 bridgehead atoms. The molecule has 0 atom stereocenters. The van der Waals surface area contributed by atoms with E-state index >= 15 is 0 Å². The van der Waals surface area contributed by atoms with Gasteiger partial charge in [-0.25, -0.2) is 9.08 Å². The first-order valence-electron chi connectivity index (χ1n) is 6.95. The number of rotatable bonds is 5. The van der Waals surface area contributed by atoms with E-state index in [4.69, 9.17) is 0 Å². The van der Waals surface area contributed by atoms with Crippen LogP contribution in [0.25, 0.3) is 5.52 Å². The molecule has 0 aliphatic carbocycles. The highest BCUT2D eigenvalue weighted by Gasteiger charge is 2.22. The zero-order valence-electron chi connectivity index (χ0n) is 12.1. The van der Waals surface area contributed by atoms with E-state index in [1.54, 1.807) is 24.4 Å². The van der Waals surface area contributed by atoms with Gasteiger partial charge in [0.25, 0.3) is 0 Å². The van der Waals surface area contributed by atoms with Gasteiger partial charge in [0.05, 0.1) is 4.92 Å². The summed E-state index contributed by atoms with van der Waals surface area (Å²) in [5, 5.41) is 18.6. The molecule has 7 heteroatoms. The number of aromatic nitrogens is 3. The van der Waals surface area contributed by atoms with Crippen LogP contribution in [-0.2, 0) is 13.5 Å². The largest absolute Gasteiger partial charge is 0.362 e. The highest BCUT2D eigenvalue weighted by Crippen LogP contribution is 2.28. The Morgan fingerprint density at radius 1 is 1.36 bits per heavy atom. The summed E-state index contributed by atoms with van der Waals surface area (Å²) in [5.41, 5.74) is 1.66. The Balaban J connectivity index is 1.79. The number of nitrogens with zero attached hydrogens (tertiary/aromatic N) is 4. The summed E-state index contributed by atoms with van der Waals surface area (Å²) in [4.78, 5) is 10.9. The molecule has 0 amide bonds. The number of nitrogens with one attached hydrogen (secondary N) is 1. The molecule has 3 aromatic heterocycles. The molecule has 3 heterocycles. The van der Waals surface area contributed by atoms with Crippen LogP contribution in [0.2, 0.25) is 0 Å². The quantitative estimate of drug-likeness (QED) is 0.442. The van der Waals surface area contributed by atoms with Crippen molar-refractivity contribution >= 4 is 17.0 Å². The molecule has 112 valence electrons. The van der Waals surface area contributed by atoms with Crippen LogP contribution < -0.4 is 9.88 Å². The first-order valence-corrected chi connectivity index (χ1v) is 6.95. The molecule has 3 aromatic rings. The fourth-order valence-electron chi connectivity index (χ4n) is 2.41. The van der Waals surface area contributed by atoms with Gasteiger partial charge in [0.2, 0.25) is 5.82 Å². The second-order valence-corrected chi connectivity index (χ2v) is 5.04. The predicted octanol–water partition coefficient (Wildman–Crippen LogP) is 1.72. The molecule has 0 saturated carbocycles. The van der Waals surface area contributed by atoms with Gasteiger partial charge in [-0.2, -0.15) is 0 Å². The first kappa shape index (κ1) is 14.0. The molecule has 0 aliphatic heterocycles. The smallest absolute Gasteiger partial charge is 0.338 e. The minimum absolute atomic E-state index is 0.0132. The minimum atomic E-state index is -0.396. The summed E-state index contributed by atoms with van der Waals surface area (Å²) in [6.07, 6.45) is 6.45. The number of aryl methyl sites for hydroxylation is 1. The average molecular weight is 298 g/mol. The topological polar surface area (TPSA) is 76.3 Å². The van der Waals surface area contributed by atoms with E-state index in [-0.39, 0.29) is 5.69 Å². The first-order chi connectivity index (χ1) is 10.6. The Morgan fingerprint density at radius 3 is 3.00 bits per heavy atom. The van der Waals surface area contributed by atoms with E-state index in [0.29, 0.717) is 17.9 Å². The van der Waals surface area contributed by atoms with Crippen molar-refractivity contribution in [1.29, 1.82) is 0 Å². The lowest BCUT2D eigenvalue weighted by atomic mass is 10.2. The van der Waals surface area contributed by atoms with E-state index < -0.39 is 4.92 Å². The van der Waals surface area contributed by atoms with Gasteiger partial charge in [0.15, 0.2) is 12.4 Å². The third kappa shape index (κ3) is 2.73. The van der Waals surface area contributed by atoms with E-state index in [2.05, 4.69) is 10.4 Å². The highest BCUT2D eigenvalue weighted by molar-refractivity contribution is 5.76. The van der Waals surface area contributed by atoms with Crippen molar-refractivity contribution in [3.05, 3.63) is 64.6 Å². The molecule has 0 aromatic carbocycles. The maximum Gasteiger partial charge on any atom is 0.338 e. The number of hydrogen-bond acceptors (Lipinski definition) is 4. The van der Waals surface area contributed by atoms with Gasteiger partial charge < -0.3 is 5.32 Å². The normalized spacial score (nSPS) is 10.8. The molecule has 0 saturated heterocycles. The monoisotopic (exact) mass is 298 g/mol. The zero-order chi connectivity index (χ0) is 15.5. The third-order valence-corrected chi connectivity index (χ3v) is 3.40. The van der Waals surface area contributed by atoms with Crippen LogP contribution in [0.5, 0.6) is 0 Å². The molecule has 0 spiro atoms. The molecule has 3 rings (SSSR count). The molecule has 1 N–H and O–H groups in total. The molecular formula is C15H16N5O2+. The highest BCUT2D eigenvalue weighted by atomic mass is 16.6. The number of anilines is 1. The molecular weight excluding hydrogens is 282 g/mol. The Bertz CT molecular complexity index is 828. The lowest BCUT2D eigenvalue weighted by Gasteiger charge is -2.02. The van der Waals surface area contributed by atoms with Crippen LogP contribution in [0.3, 0.4) is 0 Å². The number of nitro groups is 1. The van der Waals surface area contributed by atoms with E-state index in [1.807, 2.05) is 36.1 Å². The third-order valence-electron chi connectivity index (χ3n) is 3.40. The summed E-state index contributed by atoms with van der Waals surface area (Å²) in [7, 11) is 1.96. The van der Waals surface area contributed by atoms with Gasteiger partial charge >= 0.3 is 5.69 Å². The Hall–Kier alpha value is -2.96. The minimum Gasteiger partial charge on any atom is -0.362 e. The number of fused-ring (bicyclic) bond motifs is 1. The number of hydrogen-bond donors (Lipinski definition) is 1. The van der Waals surface area contributed by atoms with Crippen LogP contribution in [0.15, 0.2) is 48.9 Å². The molecule has 0 radical (unpaired) electrons. The van der Waals surface area contributed by atoms with Gasteiger partial charge in [-0.05, 0) is 24.6 Å². The zero-order valence-corrected chi connectivity index (χ0v) is 12.1. The fraction of sp³-hybridized carbons (Fsp3) is 0.200. The fourth-order valence-corrected chi connectivity index (χ4v) is 2.41. The van der Waals surface area contributed by atoms with Gasteiger partial charge in [-0.3, -0.25) is 10.1 Å². The molecule has 22 heavy (non-hydrogen) atoms. The second-order valence-electron chi connectivity index (χ2n) is 5.04. The summed E-state index contributed by atoms with van der Waals surface area (Å²) < 4.78 is 3.49. The lowest BCUT2D eigenvalue weighted by molar-refractivity contribution is -0.671. The van der Waals surface area contributed by atoms with Gasteiger partial charge in [0, 0.05) is 24.4 Å².